The molecule has 2 heterocycles. The summed E-state index contributed by atoms with van der Waals surface area (Å²) in [6.45, 7) is 3.18. The Bertz CT molecular complexity index is 708. The molecule has 1 amide bonds. The van der Waals surface area contributed by atoms with Crippen molar-refractivity contribution in [2.45, 2.75) is 19.4 Å². The lowest BCUT2D eigenvalue weighted by atomic mass is 10.1. The van der Waals surface area contributed by atoms with E-state index in [2.05, 4.69) is 9.97 Å². The van der Waals surface area contributed by atoms with Crippen LogP contribution in [0.25, 0.3) is 0 Å². The number of amides is 1. The molecule has 0 spiro atoms. The fourth-order valence-electron chi connectivity index (χ4n) is 2.63. The van der Waals surface area contributed by atoms with Gasteiger partial charge in [-0.1, -0.05) is 18.2 Å². The molecule has 1 saturated heterocycles. The highest BCUT2D eigenvalue weighted by Crippen LogP contribution is 2.21. The molecule has 1 aliphatic rings. The molecule has 0 unspecified atom stereocenters. The maximum atomic E-state index is 13.7. The quantitative estimate of drug-likeness (QED) is 0.870. The summed E-state index contributed by atoms with van der Waals surface area (Å²) in [6, 6.07) is 8.15. The zero-order chi connectivity index (χ0) is 16.2. The molecule has 0 N–H and O–H groups in total. The van der Waals surface area contributed by atoms with Crippen LogP contribution < -0.4 is 0 Å². The number of rotatable bonds is 3. The molecule has 1 aliphatic heterocycles. The summed E-state index contributed by atoms with van der Waals surface area (Å²) in [5.74, 6) is 0.215. The largest absolute Gasteiger partial charge is 0.368 e. The van der Waals surface area contributed by atoms with E-state index in [4.69, 9.17) is 4.74 Å². The van der Waals surface area contributed by atoms with Gasteiger partial charge in [0.1, 0.15) is 17.7 Å². The smallest absolute Gasteiger partial charge is 0.227 e. The van der Waals surface area contributed by atoms with Gasteiger partial charge in [-0.05, 0) is 24.6 Å². The van der Waals surface area contributed by atoms with Crippen LogP contribution in [-0.2, 0) is 16.0 Å². The minimum atomic E-state index is -0.350. The van der Waals surface area contributed by atoms with Crippen molar-refractivity contribution in [3.05, 3.63) is 59.4 Å². The van der Waals surface area contributed by atoms with E-state index in [1.54, 1.807) is 35.4 Å². The topological polar surface area (TPSA) is 55.3 Å². The average molecular weight is 315 g/mol. The van der Waals surface area contributed by atoms with Crippen LogP contribution in [0.5, 0.6) is 0 Å². The second-order valence-electron chi connectivity index (χ2n) is 5.50. The Morgan fingerprint density at radius 3 is 3.00 bits per heavy atom. The Hall–Kier alpha value is -2.34. The number of aromatic nitrogens is 2. The Balaban J connectivity index is 1.68. The first-order valence-electron chi connectivity index (χ1n) is 7.56. The molecule has 1 atom stereocenters. The Morgan fingerprint density at radius 2 is 2.22 bits per heavy atom. The normalized spacial score (nSPS) is 18.0. The second kappa shape index (κ2) is 6.83. The fourth-order valence-corrected chi connectivity index (χ4v) is 2.63. The van der Waals surface area contributed by atoms with E-state index in [9.17, 15) is 9.18 Å². The number of morpholine rings is 1. The fraction of sp³-hybridized carbons (Fsp3) is 0.353. The maximum absolute atomic E-state index is 13.7. The van der Waals surface area contributed by atoms with Gasteiger partial charge >= 0.3 is 0 Å². The average Bonchev–Trinajstić information content (AvgIpc) is 2.57. The molecule has 0 bridgehead atoms. The monoisotopic (exact) mass is 315 g/mol. The molecule has 3 rings (SSSR count). The van der Waals surface area contributed by atoms with Gasteiger partial charge in [0.2, 0.25) is 5.91 Å². The van der Waals surface area contributed by atoms with Gasteiger partial charge in [-0.3, -0.25) is 4.79 Å². The number of ether oxygens (including phenoxy) is 1. The van der Waals surface area contributed by atoms with Gasteiger partial charge in [-0.2, -0.15) is 0 Å². The summed E-state index contributed by atoms with van der Waals surface area (Å²) in [4.78, 5) is 22.6. The van der Waals surface area contributed by atoms with Crippen molar-refractivity contribution in [1.82, 2.24) is 14.9 Å². The van der Waals surface area contributed by atoms with Gasteiger partial charge in [-0.25, -0.2) is 14.4 Å². The number of nitrogens with zero attached hydrogens (tertiary/aromatic N) is 3. The summed E-state index contributed by atoms with van der Waals surface area (Å²) < 4.78 is 19.4. The van der Waals surface area contributed by atoms with Crippen molar-refractivity contribution in [1.29, 1.82) is 0 Å². The number of benzene rings is 1. The number of halogens is 1. The molecule has 2 aromatic rings. The zero-order valence-corrected chi connectivity index (χ0v) is 12.9. The van der Waals surface area contributed by atoms with Crippen molar-refractivity contribution < 1.29 is 13.9 Å². The van der Waals surface area contributed by atoms with E-state index in [1.807, 2.05) is 6.92 Å². The molecule has 6 heteroatoms. The Labute approximate surface area is 134 Å². The third-order valence-corrected chi connectivity index (χ3v) is 3.85. The number of hydrogen-bond donors (Lipinski definition) is 0. The standard InChI is InChI=1S/C17H18FN3O2/c1-12-19-7-6-15(20-12)16-11-21(8-9-23-16)17(22)10-13-4-2-3-5-14(13)18/h2-7,16H,8-11H2,1H3/t16-/m1/s1. The Kier molecular flexibility index (Phi) is 4.62. The highest BCUT2D eigenvalue weighted by Gasteiger charge is 2.26. The highest BCUT2D eigenvalue weighted by molar-refractivity contribution is 5.79. The molecule has 1 aromatic heterocycles. The predicted molar refractivity (Wildman–Crippen MR) is 82.1 cm³/mol. The third-order valence-electron chi connectivity index (χ3n) is 3.85. The number of carbonyl (C=O) groups is 1. The van der Waals surface area contributed by atoms with Crippen LogP contribution in [0, 0.1) is 12.7 Å². The molecule has 0 radical (unpaired) electrons. The van der Waals surface area contributed by atoms with Crippen molar-refractivity contribution in [3.8, 4) is 0 Å². The van der Waals surface area contributed by atoms with Crippen LogP contribution in [0.1, 0.15) is 23.2 Å². The number of carbonyl (C=O) groups excluding carboxylic acids is 1. The lowest BCUT2D eigenvalue weighted by Crippen LogP contribution is -2.43. The van der Waals surface area contributed by atoms with Crippen molar-refractivity contribution in [3.63, 3.8) is 0 Å². The number of hydrogen-bond acceptors (Lipinski definition) is 4. The van der Waals surface area contributed by atoms with Gasteiger partial charge < -0.3 is 9.64 Å². The van der Waals surface area contributed by atoms with Crippen molar-refractivity contribution >= 4 is 5.91 Å². The van der Waals surface area contributed by atoms with Gasteiger partial charge in [0.05, 0.1) is 25.3 Å². The van der Waals surface area contributed by atoms with E-state index < -0.39 is 0 Å². The van der Waals surface area contributed by atoms with Crippen LogP contribution in [-0.4, -0.2) is 40.5 Å². The van der Waals surface area contributed by atoms with Crippen LogP contribution in [0.4, 0.5) is 4.39 Å². The maximum Gasteiger partial charge on any atom is 0.227 e. The molecule has 23 heavy (non-hydrogen) atoms. The summed E-state index contributed by atoms with van der Waals surface area (Å²) >= 11 is 0. The minimum absolute atomic E-state index is 0.0577. The van der Waals surface area contributed by atoms with E-state index in [-0.39, 0.29) is 24.2 Å². The minimum Gasteiger partial charge on any atom is -0.368 e. The Morgan fingerprint density at radius 1 is 1.39 bits per heavy atom. The van der Waals surface area contributed by atoms with Gasteiger partial charge in [0, 0.05) is 12.7 Å². The summed E-state index contributed by atoms with van der Waals surface area (Å²) in [7, 11) is 0. The van der Waals surface area contributed by atoms with Gasteiger partial charge in [-0.15, -0.1) is 0 Å². The van der Waals surface area contributed by atoms with E-state index >= 15 is 0 Å². The zero-order valence-electron chi connectivity index (χ0n) is 12.9. The van der Waals surface area contributed by atoms with Gasteiger partial charge in [0.25, 0.3) is 0 Å². The van der Waals surface area contributed by atoms with Crippen LogP contribution in [0.2, 0.25) is 0 Å². The van der Waals surface area contributed by atoms with E-state index in [1.165, 1.54) is 6.07 Å². The predicted octanol–water partition coefficient (Wildman–Crippen LogP) is 2.07. The molecule has 0 aliphatic carbocycles. The van der Waals surface area contributed by atoms with Crippen molar-refractivity contribution in [2.24, 2.45) is 0 Å². The SMILES string of the molecule is Cc1nccc([C@H]2CN(C(=O)Cc3ccccc3F)CCO2)n1. The molecule has 0 saturated carbocycles. The van der Waals surface area contributed by atoms with Crippen LogP contribution in [0.3, 0.4) is 0 Å². The first kappa shape index (κ1) is 15.6. The molecule has 120 valence electrons. The number of aryl methyl sites for hydroxylation is 1. The molecular weight excluding hydrogens is 297 g/mol. The van der Waals surface area contributed by atoms with Gasteiger partial charge in [0.15, 0.2) is 0 Å². The summed E-state index contributed by atoms with van der Waals surface area (Å²) in [6.07, 6.45) is 1.47. The first-order chi connectivity index (χ1) is 11.1. The van der Waals surface area contributed by atoms with E-state index in [0.29, 0.717) is 31.1 Å². The molecular formula is C17H18FN3O2. The first-order valence-corrected chi connectivity index (χ1v) is 7.56. The van der Waals surface area contributed by atoms with E-state index in [0.717, 1.165) is 5.69 Å². The molecule has 1 fully saturated rings. The van der Waals surface area contributed by atoms with Crippen LogP contribution in [0.15, 0.2) is 36.5 Å². The summed E-state index contributed by atoms with van der Waals surface area (Å²) in [5.41, 5.74) is 1.18. The van der Waals surface area contributed by atoms with Crippen molar-refractivity contribution in [2.75, 3.05) is 19.7 Å². The van der Waals surface area contributed by atoms with Crippen LogP contribution >= 0.6 is 0 Å². The lowest BCUT2D eigenvalue weighted by molar-refractivity contribution is -0.138. The second-order valence-corrected chi connectivity index (χ2v) is 5.50. The highest BCUT2D eigenvalue weighted by atomic mass is 19.1. The summed E-state index contributed by atoms with van der Waals surface area (Å²) in [5, 5.41) is 0. The molecule has 1 aromatic carbocycles. The third kappa shape index (κ3) is 3.71. The lowest BCUT2D eigenvalue weighted by Gasteiger charge is -2.32. The molecule has 5 nitrogen and oxygen atoms in total.